The standard InChI is InChI=1S/C22H17FN4OS/c1-2-14-11-21(29-13-20(28)25-17-8-4-3-7-16(17)23)27-19-10-6-5-9-18(19)26-22(27)15(14)12-24/h3-11H,2,13H2,1H3,(H,25,28). The summed E-state index contributed by atoms with van der Waals surface area (Å²) in [6, 6.07) is 17.9. The number of anilines is 1. The largest absolute Gasteiger partial charge is 0.323 e. The quantitative estimate of drug-likeness (QED) is 0.486. The lowest BCUT2D eigenvalue weighted by atomic mass is 10.1. The number of hydrogen-bond donors (Lipinski definition) is 1. The van der Waals surface area contributed by atoms with Crippen molar-refractivity contribution in [3.8, 4) is 6.07 Å². The van der Waals surface area contributed by atoms with Crippen LogP contribution in [0.1, 0.15) is 18.1 Å². The highest BCUT2D eigenvalue weighted by molar-refractivity contribution is 7.99. The molecular formula is C22H17FN4OS. The highest BCUT2D eigenvalue weighted by Gasteiger charge is 2.17. The van der Waals surface area contributed by atoms with Crippen LogP contribution in [0.4, 0.5) is 10.1 Å². The van der Waals surface area contributed by atoms with Crippen molar-refractivity contribution in [2.45, 2.75) is 18.4 Å². The summed E-state index contributed by atoms with van der Waals surface area (Å²) in [5, 5.41) is 13.1. The minimum Gasteiger partial charge on any atom is -0.323 e. The number of benzene rings is 2. The first-order chi connectivity index (χ1) is 14.1. The van der Waals surface area contributed by atoms with E-state index in [1.807, 2.05) is 41.7 Å². The van der Waals surface area contributed by atoms with Gasteiger partial charge in [0.1, 0.15) is 11.9 Å². The van der Waals surface area contributed by atoms with Gasteiger partial charge >= 0.3 is 0 Å². The molecule has 4 rings (SSSR count). The molecule has 144 valence electrons. The fourth-order valence-electron chi connectivity index (χ4n) is 3.24. The summed E-state index contributed by atoms with van der Waals surface area (Å²) >= 11 is 1.33. The molecule has 2 aromatic heterocycles. The summed E-state index contributed by atoms with van der Waals surface area (Å²) in [4.78, 5) is 17.0. The normalized spacial score (nSPS) is 10.9. The van der Waals surface area contributed by atoms with E-state index in [1.165, 1.54) is 23.9 Å². The van der Waals surface area contributed by atoms with Crippen LogP contribution < -0.4 is 5.32 Å². The number of hydrogen-bond acceptors (Lipinski definition) is 4. The van der Waals surface area contributed by atoms with Crippen molar-refractivity contribution < 1.29 is 9.18 Å². The second-order valence-corrected chi connectivity index (χ2v) is 7.42. The smallest absolute Gasteiger partial charge is 0.234 e. The van der Waals surface area contributed by atoms with E-state index in [2.05, 4.69) is 16.4 Å². The highest BCUT2D eigenvalue weighted by Crippen LogP contribution is 2.30. The molecule has 5 nitrogen and oxygen atoms in total. The Labute approximate surface area is 171 Å². The first kappa shape index (κ1) is 19.0. The second kappa shape index (κ2) is 7.94. The van der Waals surface area contributed by atoms with Gasteiger partial charge in [0.05, 0.1) is 33.1 Å². The van der Waals surface area contributed by atoms with E-state index >= 15 is 0 Å². The fraction of sp³-hybridized carbons (Fsp3) is 0.136. The summed E-state index contributed by atoms with van der Waals surface area (Å²) in [7, 11) is 0. The van der Waals surface area contributed by atoms with Crippen LogP contribution in [0.15, 0.2) is 59.6 Å². The number of rotatable bonds is 5. The van der Waals surface area contributed by atoms with Crippen LogP contribution >= 0.6 is 11.8 Å². The summed E-state index contributed by atoms with van der Waals surface area (Å²) in [6.07, 6.45) is 0.678. The maximum absolute atomic E-state index is 13.8. The number of carbonyl (C=O) groups is 1. The molecule has 0 aliphatic heterocycles. The Kier molecular flexibility index (Phi) is 5.19. The molecule has 2 aromatic carbocycles. The van der Waals surface area contributed by atoms with Crippen molar-refractivity contribution in [2.75, 3.05) is 11.1 Å². The van der Waals surface area contributed by atoms with Crippen molar-refractivity contribution in [3.05, 3.63) is 71.5 Å². The molecule has 2 heterocycles. The lowest BCUT2D eigenvalue weighted by Crippen LogP contribution is -2.15. The molecule has 0 aliphatic rings. The maximum Gasteiger partial charge on any atom is 0.234 e. The molecule has 0 saturated carbocycles. The third kappa shape index (κ3) is 3.55. The van der Waals surface area contributed by atoms with Gasteiger partial charge in [0.15, 0.2) is 5.65 Å². The SMILES string of the molecule is CCc1cc(SCC(=O)Nc2ccccc2F)n2c(nc3ccccc32)c1C#N. The molecule has 4 aromatic rings. The average Bonchev–Trinajstić information content (AvgIpc) is 3.12. The van der Waals surface area contributed by atoms with Crippen molar-refractivity contribution >= 4 is 40.0 Å². The van der Waals surface area contributed by atoms with Gasteiger partial charge < -0.3 is 5.32 Å². The number of nitriles is 1. The third-order valence-corrected chi connectivity index (χ3v) is 5.62. The zero-order valence-electron chi connectivity index (χ0n) is 15.6. The molecule has 0 spiro atoms. The molecule has 0 bridgehead atoms. The van der Waals surface area contributed by atoms with E-state index < -0.39 is 5.82 Å². The Bertz CT molecular complexity index is 1280. The lowest BCUT2D eigenvalue weighted by molar-refractivity contribution is -0.113. The third-order valence-electron chi connectivity index (χ3n) is 4.62. The van der Waals surface area contributed by atoms with Crippen LogP contribution in [0.2, 0.25) is 0 Å². The molecule has 7 heteroatoms. The molecule has 1 amide bonds. The fourth-order valence-corrected chi connectivity index (χ4v) is 4.13. The summed E-state index contributed by atoms with van der Waals surface area (Å²) < 4.78 is 15.7. The average molecular weight is 404 g/mol. The van der Waals surface area contributed by atoms with Gasteiger partial charge in [-0.1, -0.05) is 43.0 Å². The number of nitrogens with zero attached hydrogens (tertiary/aromatic N) is 3. The molecule has 0 saturated heterocycles. The van der Waals surface area contributed by atoms with E-state index in [0.29, 0.717) is 17.6 Å². The Balaban J connectivity index is 1.71. The van der Waals surface area contributed by atoms with E-state index in [4.69, 9.17) is 0 Å². The monoisotopic (exact) mass is 404 g/mol. The number of carbonyl (C=O) groups excluding carboxylic acids is 1. The number of para-hydroxylation sites is 3. The van der Waals surface area contributed by atoms with Crippen LogP contribution in [-0.4, -0.2) is 21.0 Å². The predicted molar refractivity (Wildman–Crippen MR) is 113 cm³/mol. The Hall–Kier alpha value is -3.37. The first-order valence-electron chi connectivity index (χ1n) is 9.12. The van der Waals surface area contributed by atoms with E-state index in [9.17, 15) is 14.4 Å². The van der Waals surface area contributed by atoms with Crippen LogP contribution in [-0.2, 0) is 11.2 Å². The van der Waals surface area contributed by atoms with Gasteiger partial charge in [-0.15, -0.1) is 0 Å². The van der Waals surface area contributed by atoms with Gasteiger partial charge in [-0.05, 0) is 42.3 Å². The van der Waals surface area contributed by atoms with E-state index in [1.54, 1.807) is 12.1 Å². The number of aryl methyl sites for hydroxylation is 1. The molecule has 29 heavy (non-hydrogen) atoms. The van der Waals surface area contributed by atoms with Crippen LogP contribution in [0.25, 0.3) is 16.7 Å². The molecule has 1 N–H and O–H groups in total. The molecule has 0 unspecified atom stereocenters. The zero-order chi connectivity index (χ0) is 20.4. The molecular weight excluding hydrogens is 387 g/mol. The van der Waals surface area contributed by atoms with Gasteiger partial charge in [0, 0.05) is 0 Å². The number of amides is 1. The van der Waals surface area contributed by atoms with Crippen molar-refractivity contribution in [1.82, 2.24) is 9.38 Å². The molecule has 0 aliphatic carbocycles. The Morgan fingerprint density at radius 2 is 2.00 bits per heavy atom. The summed E-state index contributed by atoms with van der Waals surface area (Å²) in [5.74, 6) is -0.675. The highest BCUT2D eigenvalue weighted by atomic mass is 32.2. The number of aromatic nitrogens is 2. The minimum atomic E-state index is -0.472. The Morgan fingerprint density at radius 1 is 1.24 bits per heavy atom. The van der Waals surface area contributed by atoms with Gasteiger partial charge in [-0.25, -0.2) is 9.37 Å². The van der Waals surface area contributed by atoms with Gasteiger partial charge in [-0.2, -0.15) is 5.26 Å². The Morgan fingerprint density at radius 3 is 2.76 bits per heavy atom. The minimum absolute atomic E-state index is 0.102. The number of halogens is 1. The number of thioether (sulfide) groups is 1. The van der Waals surface area contributed by atoms with Gasteiger partial charge in [0.2, 0.25) is 5.91 Å². The zero-order valence-corrected chi connectivity index (χ0v) is 16.5. The lowest BCUT2D eigenvalue weighted by Gasteiger charge is -2.11. The van der Waals surface area contributed by atoms with Crippen molar-refractivity contribution in [1.29, 1.82) is 5.26 Å². The topological polar surface area (TPSA) is 70.2 Å². The van der Waals surface area contributed by atoms with Crippen molar-refractivity contribution in [2.24, 2.45) is 0 Å². The number of pyridine rings is 1. The van der Waals surface area contributed by atoms with Crippen LogP contribution in [0.3, 0.4) is 0 Å². The summed E-state index contributed by atoms with van der Waals surface area (Å²) in [6.45, 7) is 1.98. The first-order valence-corrected chi connectivity index (χ1v) is 10.1. The number of imidazole rings is 1. The van der Waals surface area contributed by atoms with Crippen molar-refractivity contribution in [3.63, 3.8) is 0 Å². The second-order valence-electron chi connectivity index (χ2n) is 6.42. The number of nitrogens with one attached hydrogen (secondary N) is 1. The van der Waals surface area contributed by atoms with Crippen LogP contribution in [0.5, 0.6) is 0 Å². The molecule has 0 radical (unpaired) electrons. The molecule has 0 atom stereocenters. The van der Waals surface area contributed by atoms with E-state index in [0.717, 1.165) is 21.6 Å². The molecule has 0 fully saturated rings. The number of fused-ring (bicyclic) bond motifs is 3. The maximum atomic E-state index is 13.8. The van der Waals surface area contributed by atoms with E-state index in [-0.39, 0.29) is 17.3 Å². The van der Waals surface area contributed by atoms with Crippen LogP contribution in [0, 0.1) is 17.1 Å². The van der Waals surface area contributed by atoms with Gasteiger partial charge in [-0.3, -0.25) is 9.20 Å². The summed E-state index contributed by atoms with van der Waals surface area (Å²) in [5.41, 5.74) is 3.83. The predicted octanol–water partition coefficient (Wildman–Crippen LogP) is 4.79. The van der Waals surface area contributed by atoms with Gasteiger partial charge in [0.25, 0.3) is 0 Å².